The van der Waals surface area contributed by atoms with Crippen LogP contribution in [0, 0.1) is 11.3 Å². The Balaban J connectivity index is 1.97. The molecule has 0 atom stereocenters. The third-order valence-corrected chi connectivity index (χ3v) is 3.75. The number of pyridine rings is 1. The molecule has 6 heteroatoms. The fraction of sp³-hybridized carbons (Fsp3) is 0.125. The monoisotopic (exact) mass is 289 g/mol. The van der Waals surface area contributed by atoms with Gasteiger partial charge in [0.15, 0.2) is 0 Å². The van der Waals surface area contributed by atoms with E-state index < -0.39 is 0 Å². The molecule has 0 aliphatic rings. The van der Waals surface area contributed by atoms with Crippen molar-refractivity contribution in [2.24, 2.45) is 7.05 Å². The van der Waals surface area contributed by atoms with E-state index in [2.05, 4.69) is 21.2 Å². The molecule has 0 unspecified atom stereocenters. The summed E-state index contributed by atoms with van der Waals surface area (Å²) in [5.41, 5.74) is 4.07. The Labute approximate surface area is 125 Å². The second-order valence-corrected chi connectivity index (χ2v) is 5.09. The van der Waals surface area contributed by atoms with E-state index in [1.165, 1.54) is 0 Å². The minimum atomic E-state index is 0.584. The van der Waals surface area contributed by atoms with E-state index in [0.717, 1.165) is 33.5 Å². The molecule has 0 saturated heterocycles. The van der Waals surface area contributed by atoms with E-state index in [1.807, 2.05) is 29.8 Å². The van der Waals surface area contributed by atoms with Gasteiger partial charge in [0.1, 0.15) is 17.6 Å². The van der Waals surface area contributed by atoms with Crippen molar-refractivity contribution in [1.29, 1.82) is 5.26 Å². The second kappa shape index (κ2) is 4.67. The van der Waals surface area contributed by atoms with Gasteiger partial charge in [-0.1, -0.05) is 5.16 Å². The molecule has 0 amide bonds. The number of aryl methyl sites for hydroxylation is 1. The number of hydrogen-bond donors (Lipinski definition) is 0. The predicted molar refractivity (Wildman–Crippen MR) is 80.0 cm³/mol. The standard InChI is InChI=1S/C16H11N5O/c1-21-15(7-11-4-5-22-20-11)19-14-9-18-13-3-2-10(8-17)6-12(13)16(14)21/h2-6,9H,7H2,1H3. The third kappa shape index (κ3) is 1.84. The van der Waals surface area contributed by atoms with Gasteiger partial charge in [-0.3, -0.25) is 4.98 Å². The Kier molecular flexibility index (Phi) is 2.66. The average molecular weight is 289 g/mol. The number of imidazole rings is 1. The van der Waals surface area contributed by atoms with Crippen LogP contribution in [-0.4, -0.2) is 19.7 Å². The minimum Gasteiger partial charge on any atom is -0.364 e. The third-order valence-electron chi connectivity index (χ3n) is 3.75. The Morgan fingerprint density at radius 2 is 2.18 bits per heavy atom. The first kappa shape index (κ1) is 12.5. The second-order valence-electron chi connectivity index (χ2n) is 5.09. The molecular formula is C16H11N5O. The van der Waals surface area contributed by atoms with Gasteiger partial charge in [-0.05, 0) is 18.2 Å². The van der Waals surface area contributed by atoms with Gasteiger partial charge < -0.3 is 9.09 Å². The molecule has 0 aliphatic carbocycles. The number of aromatic nitrogens is 4. The number of benzene rings is 1. The lowest BCUT2D eigenvalue weighted by molar-refractivity contribution is 0.412. The minimum absolute atomic E-state index is 0.584. The summed E-state index contributed by atoms with van der Waals surface area (Å²) in [6.45, 7) is 0. The summed E-state index contributed by atoms with van der Waals surface area (Å²) in [5.74, 6) is 0.876. The maximum Gasteiger partial charge on any atom is 0.124 e. The van der Waals surface area contributed by atoms with Crippen molar-refractivity contribution in [3.63, 3.8) is 0 Å². The number of nitriles is 1. The van der Waals surface area contributed by atoms with Crippen molar-refractivity contribution in [2.45, 2.75) is 6.42 Å². The van der Waals surface area contributed by atoms with Crippen LogP contribution in [0.5, 0.6) is 0 Å². The molecule has 0 bridgehead atoms. The van der Waals surface area contributed by atoms with Crippen LogP contribution in [-0.2, 0) is 13.5 Å². The van der Waals surface area contributed by atoms with Gasteiger partial charge in [-0.15, -0.1) is 0 Å². The SMILES string of the molecule is Cn1c(Cc2ccon2)nc2cnc3ccc(C#N)cc3c21. The van der Waals surface area contributed by atoms with Crippen LogP contribution in [0.1, 0.15) is 17.1 Å². The molecule has 4 rings (SSSR count). The number of nitrogens with zero attached hydrogens (tertiary/aromatic N) is 5. The van der Waals surface area contributed by atoms with Gasteiger partial charge in [-0.2, -0.15) is 5.26 Å². The average Bonchev–Trinajstić information content (AvgIpc) is 3.16. The zero-order chi connectivity index (χ0) is 15.1. The van der Waals surface area contributed by atoms with Crippen molar-refractivity contribution in [1.82, 2.24) is 19.7 Å². The lowest BCUT2D eigenvalue weighted by Crippen LogP contribution is -1.99. The first-order chi connectivity index (χ1) is 10.8. The van der Waals surface area contributed by atoms with Gasteiger partial charge in [0, 0.05) is 18.5 Å². The summed E-state index contributed by atoms with van der Waals surface area (Å²) in [6.07, 6.45) is 3.89. The van der Waals surface area contributed by atoms with Crippen LogP contribution in [0.15, 0.2) is 41.2 Å². The summed E-state index contributed by atoms with van der Waals surface area (Å²) in [6, 6.07) is 9.47. The maximum absolute atomic E-state index is 9.10. The summed E-state index contributed by atoms with van der Waals surface area (Å²) >= 11 is 0. The quantitative estimate of drug-likeness (QED) is 0.566. The van der Waals surface area contributed by atoms with E-state index >= 15 is 0 Å². The maximum atomic E-state index is 9.10. The van der Waals surface area contributed by atoms with E-state index in [4.69, 9.17) is 9.78 Å². The van der Waals surface area contributed by atoms with Gasteiger partial charge >= 0.3 is 0 Å². The van der Waals surface area contributed by atoms with E-state index in [-0.39, 0.29) is 0 Å². The molecule has 0 saturated carbocycles. The summed E-state index contributed by atoms with van der Waals surface area (Å²) in [4.78, 5) is 9.05. The van der Waals surface area contributed by atoms with Crippen molar-refractivity contribution in [3.8, 4) is 6.07 Å². The Bertz CT molecular complexity index is 1020. The molecule has 0 aliphatic heterocycles. The molecule has 22 heavy (non-hydrogen) atoms. The molecule has 3 aromatic heterocycles. The lowest BCUT2D eigenvalue weighted by Gasteiger charge is -2.03. The highest BCUT2D eigenvalue weighted by Crippen LogP contribution is 2.25. The highest BCUT2D eigenvalue weighted by Gasteiger charge is 2.13. The molecule has 0 N–H and O–H groups in total. The normalized spacial score (nSPS) is 11.1. The molecule has 0 spiro atoms. The van der Waals surface area contributed by atoms with Crippen LogP contribution in [0.25, 0.3) is 21.9 Å². The number of fused-ring (bicyclic) bond motifs is 3. The van der Waals surface area contributed by atoms with Gasteiger partial charge in [-0.25, -0.2) is 4.98 Å². The van der Waals surface area contributed by atoms with Crippen molar-refractivity contribution in [3.05, 3.63) is 53.8 Å². The Hall–Kier alpha value is -3.20. The zero-order valence-electron chi connectivity index (χ0n) is 11.8. The summed E-state index contributed by atoms with van der Waals surface area (Å²) in [7, 11) is 1.96. The van der Waals surface area contributed by atoms with Gasteiger partial charge in [0.2, 0.25) is 0 Å². The summed E-state index contributed by atoms with van der Waals surface area (Å²) in [5, 5.41) is 14.0. The number of hydrogen-bond acceptors (Lipinski definition) is 5. The molecule has 4 aromatic rings. The smallest absolute Gasteiger partial charge is 0.124 e. The first-order valence-corrected chi connectivity index (χ1v) is 6.79. The Morgan fingerprint density at radius 1 is 1.27 bits per heavy atom. The van der Waals surface area contributed by atoms with Crippen molar-refractivity contribution >= 4 is 21.9 Å². The fourth-order valence-corrected chi connectivity index (χ4v) is 2.66. The van der Waals surface area contributed by atoms with Gasteiger partial charge in [0.25, 0.3) is 0 Å². The molecule has 106 valence electrons. The van der Waals surface area contributed by atoms with Gasteiger partial charge in [0.05, 0.1) is 41.0 Å². The van der Waals surface area contributed by atoms with Crippen LogP contribution >= 0.6 is 0 Å². The number of rotatable bonds is 2. The topological polar surface area (TPSA) is 80.5 Å². The van der Waals surface area contributed by atoms with E-state index in [1.54, 1.807) is 18.5 Å². The molecule has 6 nitrogen and oxygen atoms in total. The zero-order valence-corrected chi connectivity index (χ0v) is 11.8. The van der Waals surface area contributed by atoms with Crippen molar-refractivity contribution < 1.29 is 4.52 Å². The highest BCUT2D eigenvalue weighted by atomic mass is 16.5. The fourth-order valence-electron chi connectivity index (χ4n) is 2.66. The van der Waals surface area contributed by atoms with Crippen LogP contribution < -0.4 is 0 Å². The first-order valence-electron chi connectivity index (χ1n) is 6.79. The lowest BCUT2D eigenvalue weighted by atomic mass is 10.1. The largest absolute Gasteiger partial charge is 0.364 e. The van der Waals surface area contributed by atoms with Crippen LogP contribution in [0.2, 0.25) is 0 Å². The molecule has 0 radical (unpaired) electrons. The van der Waals surface area contributed by atoms with Crippen molar-refractivity contribution in [2.75, 3.05) is 0 Å². The Morgan fingerprint density at radius 3 is 2.95 bits per heavy atom. The molecule has 1 aromatic carbocycles. The molecule has 3 heterocycles. The molecular weight excluding hydrogens is 278 g/mol. The van der Waals surface area contributed by atoms with E-state index in [0.29, 0.717) is 12.0 Å². The van der Waals surface area contributed by atoms with E-state index in [9.17, 15) is 0 Å². The summed E-state index contributed by atoms with van der Waals surface area (Å²) < 4.78 is 6.89. The highest BCUT2D eigenvalue weighted by molar-refractivity contribution is 6.02. The molecule has 0 fully saturated rings. The van der Waals surface area contributed by atoms with Crippen LogP contribution in [0.3, 0.4) is 0 Å². The van der Waals surface area contributed by atoms with Crippen LogP contribution in [0.4, 0.5) is 0 Å². The predicted octanol–water partition coefficient (Wildman–Crippen LogP) is 2.57.